The molecule has 11 heavy (non-hydrogen) atoms. The van der Waals surface area contributed by atoms with Crippen molar-refractivity contribution in [3.05, 3.63) is 0 Å². The molecular formula is C10H17N. The van der Waals surface area contributed by atoms with E-state index in [2.05, 4.69) is 25.1 Å². The Morgan fingerprint density at radius 2 is 2.36 bits per heavy atom. The molecule has 3 atom stereocenters. The van der Waals surface area contributed by atoms with Crippen molar-refractivity contribution < 1.29 is 0 Å². The van der Waals surface area contributed by atoms with Crippen molar-refractivity contribution in [2.45, 2.75) is 32.7 Å². The second-order valence-corrected chi connectivity index (χ2v) is 3.57. The largest absolute Gasteiger partial charge is 0.313 e. The maximum absolute atomic E-state index is 5.14. The molecule has 0 saturated heterocycles. The molecular weight excluding hydrogens is 134 g/mol. The fourth-order valence-electron chi connectivity index (χ4n) is 1.57. The molecule has 0 bridgehead atoms. The molecule has 1 aliphatic carbocycles. The molecule has 0 radical (unpaired) electrons. The van der Waals surface area contributed by atoms with Crippen molar-refractivity contribution in [1.29, 1.82) is 0 Å². The zero-order chi connectivity index (χ0) is 8.27. The Hall–Kier alpha value is -0.480. The lowest BCUT2D eigenvalue weighted by Crippen LogP contribution is -2.29. The van der Waals surface area contributed by atoms with E-state index in [4.69, 9.17) is 6.42 Å². The fourth-order valence-corrected chi connectivity index (χ4v) is 1.57. The predicted molar refractivity (Wildman–Crippen MR) is 48.2 cm³/mol. The van der Waals surface area contributed by atoms with Crippen molar-refractivity contribution in [1.82, 2.24) is 5.32 Å². The molecule has 0 aliphatic heterocycles. The Balaban J connectivity index is 2.03. The van der Waals surface area contributed by atoms with Gasteiger partial charge in [-0.15, -0.1) is 12.3 Å². The molecule has 1 rings (SSSR count). The SMILES string of the molecule is C#CCCNC(C)C1CC1C. The lowest BCUT2D eigenvalue weighted by atomic mass is 10.2. The van der Waals surface area contributed by atoms with E-state index in [1.807, 2.05) is 0 Å². The van der Waals surface area contributed by atoms with Gasteiger partial charge in [-0.2, -0.15) is 0 Å². The van der Waals surface area contributed by atoms with Gasteiger partial charge in [0.1, 0.15) is 0 Å². The van der Waals surface area contributed by atoms with Gasteiger partial charge in [0.15, 0.2) is 0 Å². The summed E-state index contributed by atoms with van der Waals surface area (Å²) in [6, 6.07) is 0.665. The van der Waals surface area contributed by atoms with Gasteiger partial charge in [0.05, 0.1) is 0 Å². The summed E-state index contributed by atoms with van der Waals surface area (Å²) in [5, 5.41) is 3.43. The van der Waals surface area contributed by atoms with Gasteiger partial charge in [-0.1, -0.05) is 6.92 Å². The van der Waals surface area contributed by atoms with Crippen molar-refractivity contribution in [3.63, 3.8) is 0 Å². The average molecular weight is 151 g/mol. The minimum Gasteiger partial charge on any atom is -0.313 e. The number of rotatable bonds is 4. The van der Waals surface area contributed by atoms with Crippen LogP contribution in [0.3, 0.4) is 0 Å². The van der Waals surface area contributed by atoms with E-state index in [1.54, 1.807) is 0 Å². The fraction of sp³-hybridized carbons (Fsp3) is 0.800. The van der Waals surface area contributed by atoms with Crippen LogP contribution in [0.15, 0.2) is 0 Å². The van der Waals surface area contributed by atoms with Gasteiger partial charge in [-0.05, 0) is 25.2 Å². The Labute approximate surface area is 69.6 Å². The molecule has 1 aliphatic rings. The van der Waals surface area contributed by atoms with E-state index in [1.165, 1.54) is 6.42 Å². The molecule has 0 aromatic rings. The zero-order valence-corrected chi connectivity index (χ0v) is 7.43. The summed E-state index contributed by atoms with van der Waals surface area (Å²) < 4.78 is 0. The minimum atomic E-state index is 0.665. The Morgan fingerprint density at radius 1 is 1.73 bits per heavy atom. The van der Waals surface area contributed by atoms with Gasteiger partial charge in [0, 0.05) is 19.0 Å². The average Bonchev–Trinajstić information content (AvgIpc) is 2.67. The summed E-state index contributed by atoms with van der Waals surface area (Å²) in [7, 11) is 0. The third-order valence-electron chi connectivity index (χ3n) is 2.55. The monoisotopic (exact) mass is 151 g/mol. The second-order valence-electron chi connectivity index (χ2n) is 3.57. The summed E-state index contributed by atoms with van der Waals surface area (Å²) in [5.41, 5.74) is 0. The van der Waals surface area contributed by atoms with Gasteiger partial charge in [0.2, 0.25) is 0 Å². The topological polar surface area (TPSA) is 12.0 Å². The molecule has 1 saturated carbocycles. The van der Waals surface area contributed by atoms with Gasteiger partial charge < -0.3 is 5.32 Å². The van der Waals surface area contributed by atoms with Crippen molar-refractivity contribution in [2.24, 2.45) is 11.8 Å². The van der Waals surface area contributed by atoms with E-state index >= 15 is 0 Å². The van der Waals surface area contributed by atoms with Crippen LogP contribution in [0.5, 0.6) is 0 Å². The highest BCUT2D eigenvalue weighted by Crippen LogP contribution is 2.40. The highest BCUT2D eigenvalue weighted by Gasteiger charge is 2.36. The molecule has 0 amide bonds. The van der Waals surface area contributed by atoms with E-state index in [9.17, 15) is 0 Å². The smallest absolute Gasteiger partial charge is 0.0211 e. The Kier molecular flexibility index (Phi) is 2.96. The van der Waals surface area contributed by atoms with Gasteiger partial charge >= 0.3 is 0 Å². The van der Waals surface area contributed by atoms with Crippen LogP contribution in [-0.2, 0) is 0 Å². The molecule has 1 fully saturated rings. The number of terminal acetylenes is 1. The lowest BCUT2D eigenvalue weighted by Gasteiger charge is -2.11. The summed E-state index contributed by atoms with van der Waals surface area (Å²) in [6.45, 7) is 5.54. The van der Waals surface area contributed by atoms with Crippen molar-refractivity contribution in [2.75, 3.05) is 6.54 Å². The molecule has 0 aromatic carbocycles. The first kappa shape index (κ1) is 8.62. The van der Waals surface area contributed by atoms with Crippen LogP contribution in [0.4, 0.5) is 0 Å². The lowest BCUT2D eigenvalue weighted by molar-refractivity contribution is 0.484. The number of hydrogen-bond donors (Lipinski definition) is 1. The summed E-state index contributed by atoms with van der Waals surface area (Å²) in [5.74, 6) is 4.47. The molecule has 0 heterocycles. The summed E-state index contributed by atoms with van der Waals surface area (Å²) in [6.07, 6.45) is 7.39. The highest BCUT2D eigenvalue weighted by atomic mass is 14.9. The van der Waals surface area contributed by atoms with Crippen LogP contribution in [0.2, 0.25) is 0 Å². The van der Waals surface area contributed by atoms with Crippen LogP contribution in [-0.4, -0.2) is 12.6 Å². The van der Waals surface area contributed by atoms with Crippen LogP contribution in [0.1, 0.15) is 26.7 Å². The molecule has 1 N–H and O–H groups in total. The van der Waals surface area contributed by atoms with Gasteiger partial charge in [-0.3, -0.25) is 0 Å². The Bertz CT molecular complexity index is 157. The van der Waals surface area contributed by atoms with E-state index in [0.717, 1.165) is 24.8 Å². The number of hydrogen-bond acceptors (Lipinski definition) is 1. The quantitative estimate of drug-likeness (QED) is 0.476. The normalized spacial score (nSPS) is 31.0. The summed E-state index contributed by atoms with van der Waals surface area (Å²) >= 11 is 0. The molecule has 1 nitrogen and oxygen atoms in total. The zero-order valence-electron chi connectivity index (χ0n) is 7.43. The Morgan fingerprint density at radius 3 is 2.82 bits per heavy atom. The standard InChI is InChI=1S/C10H17N/c1-4-5-6-11-9(3)10-7-8(10)2/h1,8-11H,5-7H2,2-3H3. The predicted octanol–water partition coefficient (Wildman–Crippen LogP) is 1.64. The van der Waals surface area contributed by atoms with E-state index in [-0.39, 0.29) is 0 Å². The molecule has 0 aromatic heterocycles. The van der Waals surface area contributed by atoms with Crippen LogP contribution in [0, 0.1) is 24.2 Å². The first-order chi connectivity index (χ1) is 5.25. The summed E-state index contributed by atoms with van der Waals surface area (Å²) in [4.78, 5) is 0. The third-order valence-corrected chi connectivity index (χ3v) is 2.55. The first-order valence-electron chi connectivity index (χ1n) is 4.42. The molecule has 1 heteroatoms. The molecule has 62 valence electrons. The number of nitrogens with one attached hydrogen (secondary N) is 1. The van der Waals surface area contributed by atoms with Gasteiger partial charge in [0.25, 0.3) is 0 Å². The molecule has 3 unspecified atom stereocenters. The second kappa shape index (κ2) is 3.78. The van der Waals surface area contributed by atoms with Gasteiger partial charge in [-0.25, -0.2) is 0 Å². The maximum atomic E-state index is 5.14. The van der Waals surface area contributed by atoms with Crippen molar-refractivity contribution >= 4 is 0 Å². The van der Waals surface area contributed by atoms with E-state index in [0.29, 0.717) is 6.04 Å². The highest BCUT2D eigenvalue weighted by molar-refractivity contribution is 4.91. The van der Waals surface area contributed by atoms with E-state index < -0.39 is 0 Å². The van der Waals surface area contributed by atoms with Crippen LogP contribution >= 0.6 is 0 Å². The van der Waals surface area contributed by atoms with Crippen LogP contribution < -0.4 is 5.32 Å². The molecule has 0 spiro atoms. The first-order valence-corrected chi connectivity index (χ1v) is 4.42. The van der Waals surface area contributed by atoms with Crippen molar-refractivity contribution in [3.8, 4) is 12.3 Å². The minimum absolute atomic E-state index is 0.665. The van der Waals surface area contributed by atoms with Crippen LogP contribution in [0.25, 0.3) is 0 Å². The maximum Gasteiger partial charge on any atom is 0.0211 e. The third kappa shape index (κ3) is 2.55.